The third-order valence-electron chi connectivity index (χ3n) is 8.34. The van der Waals surface area contributed by atoms with Crippen molar-refractivity contribution in [3.63, 3.8) is 0 Å². The number of phosphoric acid groups is 1. The molecule has 0 fully saturated rings. The highest BCUT2D eigenvalue weighted by Gasteiger charge is 2.21. The number of hydrogen-bond donors (Lipinski definition) is 0. The number of rotatable bonds is 35. The molecule has 0 aromatic heterocycles. The Morgan fingerprint density at radius 2 is 0.979 bits per heavy atom. The first-order chi connectivity index (χ1) is 22.5. The maximum absolute atomic E-state index is 12.5. The molecule has 2 atom stereocenters. The molecular weight excluding hydrogens is 617 g/mol. The monoisotopic (exact) mass is 692 g/mol. The molecule has 10 heteroatoms. The second-order valence-electron chi connectivity index (χ2n) is 14.3. The summed E-state index contributed by atoms with van der Waals surface area (Å²) in [6.07, 6.45) is 26.3. The normalized spacial score (nSPS) is 13.7. The van der Waals surface area contributed by atoms with Crippen LogP contribution in [-0.4, -0.2) is 70.0 Å². The summed E-state index contributed by atoms with van der Waals surface area (Å²) in [6, 6.07) is 0. The summed E-state index contributed by atoms with van der Waals surface area (Å²) in [7, 11) is 1.45. The molecule has 0 spiro atoms. The van der Waals surface area contributed by atoms with Gasteiger partial charge in [-0.05, 0) is 12.8 Å². The van der Waals surface area contributed by atoms with Crippen molar-refractivity contribution in [1.82, 2.24) is 0 Å². The number of carbonyl (C=O) groups excluding carboxylic acids is 2. The van der Waals surface area contributed by atoms with Crippen LogP contribution in [0.5, 0.6) is 0 Å². The van der Waals surface area contributed by atoms with Crippen LogP contribution in [0.3, 0.4) is 0 Å². The molecule has 0 aromatic carbocycles. The molecule has 0 saturated carbocycles. The number of esters is 2. The van der Waals surface area contributed by atoms with Gasteiger partial charge in [-0.1, -0.05) is 142 Å². The van der Waals surface area contributed by atoms with Crippen LogP contribution in [0.25, 0.3) is 0 Å². The molecular formula is C37H74NO8P. The van der Waals surface area contributed by atoms with Gasteiger partial charge in [0, 0.05) is 19.3 Å². The molecule has 2 unspecified atom stereocenters. The fourth-order valence-corrected chi connectivity index (χ4v) is 6.19. The Morgan fingerprint density at radius 1 is 0.574 bits per heavy atom. The molecule has 0 N–H and O–H groups in total. The van der Waals surface area contributed by atoms with Gasteiger partial charge in [-0.3, -0.25) is 14.2 Å². The van der Waals surface area contributed by atoms with E-state index >= 15 is 0 Å². The lowest BCUT2D eigenvalue weighted by Crippen LogP contribution is -2.35. The number of unbranched alkanes of at least 4 members (excludes halogenated alkanes) is 20. The minimum Gasteiger partial charge on any atom is -0.756 e. The molecule has 0 radical (unpaired) electrons. The maximum atomic E-state index is 12.5. The fraction of sp³-hybridized carbons (Fsp3) is 0.946. The van der Waals surface area contributed by atoms with E-state index in [-0.39, 0.29) is 32.0 Å². The second-order valence-corrected chi connectivity index (χ2v) is 15.7. The smallest absolute Gasteiger partial charge is 0.306 e. The average molecular weight is 692 g/mol. The summed E-state index contributed by atoms with van der Waals surface area (Å²) < 4.78 is 33.9. The molecule has 0 saturated heterocycles. The Labute approximate surface area is 289 Å². The zero-order valence-electron chi connectivity index (χ0n) is 31.2. The summed E-state index contributed by atoms with van der Waals surface area (Å²) >= 11 is 0. The number of nitrogens with zero attached hydrogens (tertiary/aromatic N) is 1. The molecule has 0 aliphatic heterocycles. The van der Waals surface area contributed by atoms with Crippen molar-refractivity contribution in [3.8, 4) is 0 Å². The third kappa shape index (κ3) is 34.7. The average Bonchev–Trinajstić information content (AvgIpc) is 3.01. The van der Waals surface area contributed by atoms with Crippen LogP contribution < -0.4 is 4.89 Å². The van der Waals surface area contributed by atoms with E-state index < -0.39 is 26.5 Å². The van der Waals surface area contributed by atoms with E-state index in [0.29, 0.717) is 17.3 Å². The minimum absolute atomic E-state index is 0.00719. The molecule has 0 bridgehead atoms. The third-order valence-corrected chi connectivity index (χ3v) is 9.30. The molecule has 9 nitrogen and oxygen atoms in total. The van der Waals surface area contributed by atoms with Crippen molar-refractivity contribution < 1.29 is 42.1 Å². The molecule has 0 aliphatic rings. The Bertz CT molecular complexity index is 789. The van der Waals surface area contributed by atoms with Gasteiger partial charge in [0.2, 0.25) is 0 Å². The topological polar surface area (TPSA) is 111 Å². The largest absolute Gasteiger partial charge is 0.756 e. The molecule has 0 rings (SSSR count). The lowest BCUT2D eigenvalue weighted by Gasteiger charge is -2.27. The molecule has 0 heterocycles. The summed E-state index contributed by atoms with van der Waals surface area (Å²) in [5, 5.41) is 0. The van der Waals surface area contributed by atoms with Gasteiger partial charge in [0.1, 0.15) is 6.61 Å². The van der Waals surface area contributed by atoms with Crippen molar-refractivity contribution in [2.45, 2.75) is 180 Å². The van der Waals surface area contributed by atoms with Gasteiger partial charge >= 0.3 is 11.9 Å². The van der Waals surface area contributed by atoms with E-state index in [0.717, 1.165) is 45.1 Å². The van der Waals surface area contributed by atoms with E-state index in [4.69, 9.17) is 18.5 Å². The second kappa shape index (κ2) is 31.0. The van der Waals surface area contributed by atoms with Gasteiger partial charge in [-0.15, -0.1) is 0 Å². The van der Waals surface area contributed by atoms with Gasteiger partial charge in [0.15, 0.2) is 6.10 Å². The van der Waals surface area contributed by atoms with Crippen LogP contribution in [0, 0.1) is 0 Å². The number of phosphoric ester groups is 1. The number of hydrogen-bond acceptors (Lipinski definition) is 8. The van der Waals surface area contributed by atoms with Gasteiger partial charge in [-0.2, -0.15) is 0 Å². The quantitative estimate of drug-likeness (QED) is 0.0280. The van der Waals surface area contributed by atoms with E-state index in [9.17, 15) is 19.0 Å². The fourth-order valence-electron chi connectivity index (χ4n) is 5.41. The molecule has 280 valence electrons. The Hall–Kier alpha value is -0.990. The highest BCUT2D eigenvalue weighted by molar-refractivity contribution is 7.45. The zero-order valence-corrected chi connectivity index (χ0v) is 32.1. The van der Waals surface area contributed by atoms with E-state index in [2.05, 4.69) is 13.8 Å². The zero-order chi connectivity index (χ0) is 35.1. The van der Waals surface area contributed by atoms with Crippen LogP contribution in [0.2, 0.25) is 0 Å². The Kier molecular flexibility index (Phi) is 30.4. The van der Waals surface area contributed by atoms with Crippen LogP contribution in [0.1, 0.15) is 174 Å². The minimum atomic E-state index is -4.59. The van der Waals surface area contributed by atoms with E-state index in [1.165, 1.54) is 96.3 Å². The van der Waals surface area contributed by atoms with Crippen molar-refractivity contribution in [2.75, 3.05) is 47.5 Å². The van der Waals surface area contributed by atoms with Crippen LogP contribution in [0.15, 0.2) is 0 Å². The summed E-state index contributed by atoms with van der Waals surface area (Å²) in [5.74, 6) is -0.829. The lowest BCUT2D eigenvalue weighted by atomic mass is 10.0. The van der Waals surface area contributed by atoms with Gasteiger partial charge < -0.3 is 27.9 Å². The predicted octanol–water partition coefficient (Wildman–Crippen LogP) is 9.44. The summed E-state index contributed by atoms with van der Waals surface area (Å²) in [6.45, 7) is 4.49. The van der Waals surface area contributed by atoms with E-state index in [1.807, 2.05) is 21.1 Å². The van der Waals surface area contributed by atoms with Crippen LogP contribution in [0.4, 0.5) is 0 Å². The first-order valence-corrected chi connectivity index (χ1v) is 20.7. The summed E-state index contributed by atoms with van der Waals surface area (Å²) in [5.41, 5.74) is 0. The maximum Gasteiger partial charge on any atom is 0.306 e. The highest BCUT2D eigenvalue weighted by atomic mass is 31.2. The predicted molar refractivity (Wildman–Crippen MR) is 190 cm³/mol. The molecule has 0 amide bonds. The Morgan fingerprint density at radius 3 is 1.40 bits per heavy atom. The van der Waals surface area contributed by atoms with Gasteiger partial charge in [0.25, 0.3) is 7.82 Å². The standard InChI is InChI=1S/C37H74NO8P/c1-6-8-10-12-14-15-16-17-18-19-20-21-23-24-26-29-36(39)43-33-35(46-37(40)30-27-25-22-13-11-9-7-2)34-45-47(41,42)44-32-28-31-38(3,4)5/h35H,6-34H2,1-5H3. The van der Waals surface area contributed by atoms with Crippen LogP contribution >= 0.6 is 7.82 Å². The Balaban J connectivity index is 4.34. The number of ether oxygens (including phenoxy) is 2. The molecule has 47 heavy (non-hydrogen) atoms. The van der Waals surface area contributed by atoms with Crippen molar-refractivity contribution in [1.29, 1.82) is 0 Å². The first-order valence-electron chi connectivity index (χ1n) is 19.2. The number of carbonyl (C=O) groups is 2. The molecule has 0 aliphatic carbocycles. The lowest BCUT2D eigenvalue weighted by molar-refractivity contribution is -0.870. The van der Waals surface area contributed by atoms with Gasteiger partial charge in [0.05, 0.1) is 40.9 Å². The SMILES string of the molecule is CCCCCCCCCCCCCCCCCC(=O)OCC(COP(=O)([O-])OCCC[N+](C)(C)C)OC(=O)CCCCCCCCC. The first kappa shape index (κ1) is 46.0. The van der Waals surface area contributed by atoms with Crippen LogP contribution in [-0.2, 0) is 32.7 Å². The van der Waals surface area contributed by atoms with Crippen molar-refractivity contribution >= 4 is 19.8 Å². The van der Waals surface area contributed by atoms with Crippen molar-refractivity contribution in [3.05, 3.63) is 0 Å². The molecule has 0 aromatic rings. The highest BCUT2D eigenvalue weighted by Crippen LogP contribution is 2.38. The van der Waals surface area contributed by atoms with E-state index in [1.54, 1.807) is 0 Å². The van der Waals surface area contributed by atoms with Crippen molar-refractivity contribution in [2.24, 2.45) is 0 Å². The number of quaternary nitrogens is 1. The van der Waals surface area contributed by atoms with Gasteiger partial charge in [-0.25, -0.2) is 0 Å². The summed E-state index contributed by atoms with van der Waals surface area (Å²) in [4.78, 5) is 37.2.